The summed E-state index contributed by atoms with van der Waals surface area (Å²) in [4.78, 5) is 21.4. The smallest absolute Gasteiger partial charge is 0.410 e. The maximum absolute atomic E-state index is 12.7. The predicted molar refractivity (Wildman–Crippen MR) is 121 cm³/mol. The largest absolute Gasteiger partial charge is 0.444 e. The second-order valence-corrected chi connectivity index (χ2v) is 10.1. The first-order chi connectivity index (χ1) is 15.1. The molecule has 2 aromatic rings. The van der Waals surface area contributed by atoms with Crippen molar-refractivity contribution in [3.63, 3.8) is 0 Å². The second kappa shape index (κ2) is 7.44. The molecule has 1 aromatic carbocycles. The van der Waals surface area contributed by atoms with Gasteiger partial charge in [-0.3, -0.25) is 4.98 Å². The van der Waals surface area contributed by atoms with E-state index in [-0.39, 0.29) is 18.2 Å². The summed E-state index contributed by atoms with van der Waals surface area (Å²) in [5, 5.41) is 0.562. The molecule has 5 rings (SSSR count). The molecule has 0 N–H and O–H groups in total. The van der Waals surface area contributed by atoms with E-state index in [1.54, 1.807) is 12.3 Å². The molecule has 3 atom stereocenters. The monoisotopic (exact) mass is 457 g/mol. The van der Waals surface area contributed by atoms with Gasteiger partial charge in [-0.15, -0.1) is 0 Å². The molecule has 1 amide bonds. The zero-order valence-corrected chi connectivity index (χ0v) is 19.6. The number of benzene rings is 1. The number of rotatable bonds is 2. The fourth-order valence-corrected chi connectivity index (χ4v) is 4.78. The van der Waals surface area contributed by atoms with Crippen molar-refractivity contribution in [3.8, 4) is 11.5 Å². The highest BCUT2D eigenvalue weighted by Gasteiger charge is 2.48. The summed E-state index contributed by atoms with van der Waals surface area (Å²) in [6.45, 7) is 8.87. The lowest BCUT2D eigenvalue weighted by atomic mass is 9.81. The Morgan fingerprint density at radius 3 is 2.59 bits per heavy atom. The number of aromatic nitrogens is 1. The Labute approximate surface area is 193 Å². The van der Waals surface area contributed by atoms with Crippen LogP contribution in [0.3, 0.4) is 0 Å². The minimum Gasteiger partial charge on any atom is -0.444 e. The van der Waals surface area contributed by atoms with Gasteiger partial charge in [0.05, 0.1) is 16.8 Å². The summed E-state index contributed by atoms with van der Waals surface area (Å²) in [7, 11) is 0. The van der Waals surface area contributed by atoms with E-state index in [2.05, 4.69) is 16.0 Å². The third-order valence-electron chi connectivity index (χ3n) is 6.27. The van der Waals surface area contributed by atoms with Crippen LogP contribution in [-0.4, -0.2) is 46.8 Å². The maximum atomic E-state index is 12.7. The topological polar surface area (TPSA) is 64.1 Å². The number of piperazine rings is 1. The van der Waals surface area contributed by atoms with Gasteiger partial charge >= 0.3 is 6.09 Å². The Hall–Kier alpha value is -2.67. The number of ether oxygens (including phenoxy) is 3. The van der Waals surface area contributed by atoms with Crippen LogP contribution < -0.4 is 14.4 Å². The van der Waals surface area contributed by atoms with Crippen LogP contribution in [0.25, 0.3) is 0 Å². The standard InChI is InChI=1S/C24H28ClN3O4/c1-23(2,3)32-22(29)28-13-12-27(16-9-10-17(16)28)18-6-5-7-19-21(18)31-24(4,30-19)20-11-8-15(25)14-26-20/h5-8,11,14,16-17H,9-10,12-13H2,1-4H3/t16-,17+,24+/m1/s1. The molecule has 170 valence electrons. The van der Waals surface area contributed by atoms with E-state index in [9.17, 15) is 4.79 Å². The van der Waals surface area contributed by atoms with Crippen LogP contribution in [0.1, 0.15) is 46.2 Å². The van der Waals surface area contributed by atoms with Crippen LogP contribution in [0.15, 0.2) is 36.5 Å². The number of halogens is 1. The highest BCUT2D eigenvalue weighted by molar-refractivity contribution is 6.30. The normalized spacial score (nSPS) is 26.4. The number of fused-ring (bicyclic) bond motifs is 2. The molecule has 1 saturated heterocycles. The Bertz CT molecular complexity index is 1040. The molecule has 3 aliphatic rings. The zero-order chi connectivity index (χ0) is 22.7. The molecular weight excluding hydrogens is 430 g/mol. The Kier molecular flexibility index (Phi) is 4.93. The molecule has 7 nitrogen and oxygen atoms in total. The molecule has 3 heterocycles. The summed E-state index contributed by atoms with van der Waals surface area (Å²) >= 11 is 6.00. The molecule has 0 bridgehead atoms. The van der Waals surface area contributed by atoms with E-state index in [4.69, 9.17) is 25.8 Å². The van der Waals surface area contributed by atoms with Gasteiger partial charge < -0.3 is 24.0 Å². The van der Waals surface area contributed by atoms with Gasteiger partial charge in [0.15, 0.2) is 11.5 Å². The van der Waals surface area contributed by atoms with Crippen LogP contribution in [0.5, 0.6) is 11.5 Å². The number of nitrogens with zero attached hydrogens (tertiary/aromatic N) is 3. The SMILES string of the molecule is CC(C)(C)OC(=O)N1CCN(c2cccc3c2O[C@@](C)(c2ccc(Cl)cn2)O3)[C@@H]2CC[C@@H]21. The van der Waals surface area contributed by atoms with Gasteiger partial charge in [0, 0.05) is 32.3 Å². The molecule has 2 aliphatic heterocycles. The molecule has 0 unspecified atom stereocenters. The van der Waals surface area contributed by atoms with Gasteiger partial charge in [0.1, 0.15) is 11.3 Å². The van der Waals surface area contributed by atoms with Crippen molar-refractivity contribution in [2.45, 2.75) is 64.0 Å². The van der Waals surface area contributed by atoms with E-state index in [1.807, 2.05) is 50.8 Å². The first-order valence-corrected chi connectivity index (χ1v) is 11.4. The van der Waals surface area contributed by atoms with Gasteiger partial charge in [-0.05, 0) is 57.9 Å². The quantitative estimate of drug-likeness (QED) is 0.634. The van der Waals surface area contributed by atoms with Crippen LogP contribution in [-0.2, 0) is 10.5 Å². The summed E-state index contributed by atoms with van der Waals surface area (Å²) < 4.78 is 18.2. The first kappa shape index (κ1) is 21.2. The number of amides is 1. The van der Waals surface area contributed by atoms with Gasteiger partial charge in [0.25, 0.3) is 5.79 Å². The lowest BCUT2D eigenvalue weighted by Crippen LogP contribution is -2.66. The van der Waals surface area contributed by atoms with Crippen LogP contribution in [0.4, 0.5) is 10.5 Å². The number of para-hydroxylation sites is 1. The highest BCUT2D eigenvalue weighted by atomic mass is 35.5. The van der Waals surface area contributed by atoms with E-state index < -0.39 is 11.4 Å². The lowest BCUT2D eigenvalue weighted by Gasteiger charge is -2.54. The highest BCUT2D eigenvalue weighted by Crippen LogP contribution is 2.51. The van der Waals surface area contributed by atoms with E-state index in [0.29, 0.717) is 35.3 Å². The van der Waals surface area contributed by atoms with Gasteiger partial charge in [0.2, 0.25) is 0 Å². The summed E-state index contributed by atoms with van der Waals surface area (Å²) in [6.07, 6.45) is 3.35. The van der Waals surface area contributed by atoms with Crippen molar-refractivity contribution in [2.24, 2.45) is 0 Å². The van der Waals surface area contributed by atoms with Crippen molar-refractivity contribution < 1.29 is 19.0 Å². The molecule has 32 heavy (non-hydrogen) atoms. The van der Waals surface area contributed by atoms with Crippen molar-refractivity contribution in [1.29, 1.82) is 0 Å². The maximum Gasteiger partial charge on any atom is 0.410 e. The van der Waals surface area contributed by atoms with E-state index in [0.717, 1.165) is 18.5 Å². The minimum absolute atomic E-state index is 0.140. The van der Waals surface area contributed by atoms with Crippen molar-refractivity contribution in [2.75, 3.05) is 18.0 Å². The molecule has 0 spiro atoms. The number of anilines is 1. The number of carbonyl (C=O) groups excluding carboxylic acids is 1. The molecule has 1 aromatic heterocycles. The number of hydrogen-bond acceptors (Lipinski definition) is 6. The third-order valence-corrected chi connectivity index (χ3v) is 6.50. The van der Waals surface area contributed by atoms with Gasteiger partial charge in [-0.1, -0.05) is 17.7 Å². The van der Waals surface area contributed by atoms with Crippen LogP contribution >= 0.6 is 11.6 Å². The average Bonchev–Trinajstić information content (AvgIpc) is 3.05. The minimum atomic E-state index is -1.03. The zero-order valence-electron chi connectivity index (χ0n) is 18.8. The molecular formula is C24H28ClN3O4. The molecule has 8 heteroatoms. The molecule has 1 aliphatic carbocycles. The molecule has 0 radical (unpaired) electrons. The summed E-state index contributed by atoms with van der Waals surface area (Å²) in [5.41, 5.74) is 1.14. The molecule has 1 saturated carbocycles. The first-order valence-electron chi connectivity index (χ1n) is 11.0. The predicted octanol–water partition coefficient (Wildman–Crippen LogP) is 4.97. The van der Waals surface area contributed by atoms with Gasteiger partial charge in [-0.25, -0.2) is 4.79 Å². The van der Waals surface area contributed by atoms with Crippen molar-refractivity contribution in [3.05, 3.63) is 47.2 Å². The summed E-state index contributed by atoms with van der Waals surface area (Å²) in [6, 6.07) is 9.91. The Balaban J connectivity index is 1.38. The van der Waals surface area contributed by atoms with Crippen LogP contribution in [0.2, 0.25) is 5.02 Å². The fourth-order valence-electron chi connectivity index (χ4n) is 4.67. The Morgan fingerprint density at radius 2 is 1.94 bits per heavy atom. The number of carbonyl (C=O) groups is 1. The van der Waals surface area contributed by atoms with Crippen molar-refractivity contribution in [1.82, 2.24) is 9.88 Å². The van der Waals surface area contributed by atoms with Crippen molar-refractivity contribution >= 4 is 23.4 Å². The van der Waals surface area contributed by atoms with E-state index in [1.165, 1.54) is 0 Å². The summed E-state index contributed by atoms with van der Waals surface area (Å²) in [5.74, 6) is 0.371. The fraction of sp³-hybridized carbons (Fsp3) is 0.500. The lowest BCUT2D eigenvalue weighted by molar-refractivity contribution is -0.0716. The molecule has 2 fully saturated rings. The Morgan fingerprint density at radius 1 is 1.16 bits per heavy atom. The second-order valence-electron chi connectivity index (χ2n) is 9.70. The number of pyridine rings is 1. The third kappa shape index (κ3) is 3.62. The average molecular weight is 458 g/mol. The van der Waals surface area contributed by atoms with Gasteiger partial charge in [-0.2, -0.15) is 0 Å². The number of hydrogen-bond donors (Lipinski definition) is 0. The van der Waals surface area contributed by atoms with Crippen LogP contribution in [0, 0.1) is 0 Å². The van der Waals surface area contributed by atoms with E-state index >= 15 is 0 Å².